The van der Waals surface area contributed by atoms with Gasteiger partial charge in [-0.25, -0.2) is 0 Å². The molecule has 0 aromatic carbocycles. The van der Waals surface area contributed by atoms with E-state index in [9.17, 15) is 4.79 Å². The number of likely N-dealkylation sites (tertiary alicyclic amines) is 1. The Bertz CT molecular complexity index is 1080. The van der Waals surface area contributed by atoms with Crippen LogP contribution in [0.3, 0.4) is 0 Å². The number of carbonyl (C=O) groups is 1. The average Bonchev–Trinajstić information content (AvgIpc) is 3.41. The molecular weight excluding hydrogens is 502 g/mol. The molecule has 7 fully saturated rings. The number of ketones is 1. The van der Waals surface area contributed by atoms with Crippen molar-refractivity contribution in [3.05, 3.63) is 11.6 Å². The maximum Gasteiger partial charge on any atom is 0.155 e. The van der Waals surface area contributed by atoms with Gasteiger partial charge in [0.25, 0.3) is 0 Å². The molecular formula is C34H51NO5. The molecule has 40 heavy (non-hydrogen) atoms. The van der Waals surface area contributed by atoms with Crippen molar-refractivity contribution in [1.82, 2.24) is 4.90 Å². The van der Waals surface area contributed by atoms with Gasteiger partial charge in [-0.2, -0.15) is 0 Å². The van der Waals surface area contributed by atoms with Gasteiger partial charge in [0.15, 0.2) is 5.78 Å². The first kappa shape index (κ1) is 26.8. The first-order valence-corrected chi connectivity index (χ1v) is 16.7. The van der Waals surface area contributed by atoms with Crippen LogP contribution in [0.5, 0.6) is 0 Å². The van der Waals surface area contributed by atoms with Crippen LogP contribution in [-0.2, 0) is 23.7 Å². The van der Waals surface area contributed by atoms with E-state index in [1.54, 1.807) is 7.11 Å². The van der Waals surface area contributed by atoms with E-state index < -0.39 is 0 Å². The zero-order valence-corrected chi connectivity index (χ0v) is 25.1. The normalized spacial score (nSPS) is 51.8. The van der Waals surface area contributed by atoms with Crippen molar-refractivity contribution in [2.24, 2.45) is 45.8 Å². The first-order valence-electron chi connectivity index (χ1n) is 16.7. The van der Waals surface area contributed by atoms with E-state index in [4.69, 9.17) is 18.9 Å². The monoisotopic (exact) mass is 553 g/mol. The fraction of sp³-hybridized carbons (Fsp3) is 0.912. The third-order valence-electron chi connectivity index (χ3n) is 14.2. The van der Waals surface area contributed by atoms with Crippen molar-refractivity contribution < 1.29 is 23.7 Å². The van der Waals surface area contributed by atoms with Gasteiger partial charge in [-0.3, -0.25) is 9.69 Å². The van der Waals surface area contributed by atoms with Crippen LogP contribution in [0.2, 0.25) is 0 Å². The van der Waals surface area contributed by atoms with Gasteiger partial charge in [0.2, 0.25) is 0 Å². The Kier molecular flexibility index (Phi) is 6.27. The minimum absolute atomic E-state index is 0.146. The van der Waals surface area contributed by atoms with Crippen molar-refractivity contribution in [2.45, 2.75) is 95.8 Å². The van der Waals surface area contributed by atoms with E-state index in [1.165, 1.54) is 63.5 Å². The summed E-state index contributed by atoms with van der Waals surface area (Å²) in [5, 5.41) is 0. The lowest BCUT2D eigenvalue weighted by atomic mass is 9.47. The van der Waals surface area contributed by atoms with Gasteiger partial charge >= 0.3 is 0 Å². The fourth-order valence-electron chi connectivity index (χ4n) is 12.7. The molecule has 6 nitrogen and oxygen atoms in total. The molecule has 3 spiro atoms. The number of nitrogens with zero attached hydrogens (tertiary/aromatic N) is 1. The van der Waals surface area contributed by atoms with Crippen LogP contribution in [-0.4, -0.2) is 81.7 Å². The molecule has 11 atom stereocenters. The van der Waals surface area contributed by atoms with E-state index in [0.29, 0.717) is 67.0 Å². The molecule has 0 radical (unpaired) electrons. The summed E-state index contributed by atoms with van der Waals surface area (Å²) < 4.78 is 24.0. The Morgan fingerprint density at radius 1 is 1.00 bits per heavy atom. The predicted molar refractivity (Wildman–Crippen MR) is 152 cm³/mol. The molecule has 222 valence electrons. The number of hydrogen-bond acceptors (Lipinski definition) is 6. The minimum atomic E-state index is 0.146. The van der Waals surface area contributed by atoms with Gasteiger partial charge in [-0.1, -0.05) is 19.4 Å². The lowest BCUT2D eigenvalue weighted by molar-refractivity contribution is -0.211. The SMILES string of the molecule is COCCOCCOCCN1C[C@@H](C)C[C@H]2O[C@@]34CC[C@H]5[C@@H]6CCC7=CC(=O)CC[C@]7(C)[C@H]6CC56CC63C[C@@H]4C21. The molecule has 6 aliphatic carbocycles. The molecule has 2 saturated heterocycles. The van der Waals surface area contributed by atoms with E-state index in [1.807, 2.05) is 0 Å². The van der Waals surface area contributed by atoms with Gasteiger partial charge in [-0.15, -0.1) is 0 Å². The molecule has 0 bridgehead atoms. The van der Waals surface area contributed by atoms with Crippen molar-refractivity contribution in [2.75, 3.05) is 53.2 Å². The third-order valence-corrected chi connectivity index (χ3v) is 14.2. The highest BCUT2D eigenvalue weighted by Crippen LogP contribution is 2.93. The first-order chi connectivity index (χ1) is 19.4. The summed E-state index contributed by atoms with van der Waals surface area (Å²) in [5.74, 6) is 4.34. The second-order valence-electron chi connectivity index (χ2n) is 15.5. The lowest BCUT2D eigenvalue weighted by Crippen LogP contribution is -2.64. The van der Waals surface area contributed by atoms with Crippen LogP contribution in [0.4, 0.5) is 0 Å². The number of piperidine rings is 1. The molecule has 0 amide bonds. The number of ether oxygens (including phenoxy) is 4. The molecule has 6 heteroatoms. The molecule has 2 aliphatic heterocycles. The maximum absolute atomic E-state index is 12.3. The fourth-order valence-corrected chi connectivity index (χ4v) is 12.7. The Hall–Kier alpha value is -0.790. The Balaban J connectivity index is 0.969. The summed E-state index contributed by atoms with van der Waals surface area (Å²) >= 11 is 0. The standard InChI is InChI=1S/C34H51NO5/c1-22-16-29-30(35(20-22)10-11-38-14-15-39-13-12-37-3)28-19-33-21-32(33)18-27-25(26(32)7-9-34(28,33)40-29)5-4-23-17-24(36)6-8-31(23,27)2/h17,22,25-30H,4-16,18-21H2,1-3H3/t22-,25-,26-,27-,28+,29+,30?,31-,32?,33?,34+/m0/s1. The summed E-state index contributed by atoms with van der Waals surface area (Å²) in [6.45, 7) is 10.5. The van der Waals surface area contributed by atoms with Crippen molar-refractivity contribution in [3.63, 3.8) is 0 Å². The molecule has 5 saturated carbocycles. The highest BCUT2D eigenvalue weighted by atomic mass is 16.5. The number of fused-ring (bicyclic) bond motifs is 6. The number of methoxy groups -OCH3 is 1. The topological polar surface area (TPSA) is 57.2 Å². The highest BCUT2D eigenvalue weighted by molar-refractivity contribution is 5.91. The predicted octanol–water partition coefficient (Wildman–Crippen LogP) is 5.05. The molecule has 2 heterocycles. The van der Waals surface area contributed by atoms with Crippen molar-refractivity contribution >= 4 is 5.78 Å². The van der Waals surface area contributed by atoms with Gasteiger partial charge in [0.1, 0.15) is 0 Å². The summed E-state index contributed by atoms with van der Waals surface area (Å²) in [7, 11) is 1.70. The van der Waals surface area contributed by atoms with E-state index in [-0.39, 0.29) is 11.0 Å². The molecule has 0 aromatic rings. The number of carbonyl (C=O) groups excluding carboxylic acids is 1. The lowest BCUT2D eigenvalue weighted by Gasteiger charge is -2.60. The molecule has 8 aliphatic rings. The van der Waals surface area contributed by atoms with Crippen molar-refractivity contribution in [3.8, 4) is 0 Å². The van der Waals surface area contributed by atoms with Gasteiger partial charge in [0.05, 0.1) is 44.7 Å². The largest absolute Gasteiger partial charge is 0.382 e. The summed E-state index contributed by atoms with van der Waals surface area (Å²) in [6.07, 6.45) is 15.0. The van der Waals surface area contributed by atoms with Crippen LogP contribution >= 0.6 is 0 Å². The Morgan fingerprint density at radius 3 is 2.67 bits per heavy atom. The average molecular weight is 554 g/mol. The van der Waals surface area contributed by atoms with E-state index in [0.717, 1.165) is 43.7 Å². The summed E-state index contributed by atoms with van der Waals surface area (Å²) in [6, 6.07) is 0.581. The van der Waals surface area contributed by atoms with Gasteiger partial charge in [-0.05, 0) is 98.4 Å². The molecule has 0 N–H and O–H groups in total. The number of rotatable bonds is 9. The second kappa shape index (κ2) is 9.35. The Morgan fingerprint density at radius 2 is 1.82 bits per heavy atom. The quantitative estimate of drug-likeness (QED) is 0.373. The molecule has 8 rings (SSSR count). The molecule has 3 unspecified atom stereocenters. The van der Waals surface area contributed by atoms with Gasteiger partial charge in [0, 0.05) is 44.0 Å². The number of allylic oxidation sites excluding steroid dienone is 2. The molecule has 0 aromatic heterocycles. The van der Waals surface area contributed by atoms with Crippen LogP contribution in [0.1, 0.15) is 78.1 Å². The number of hydrogen-bond donors (Lipinski definition) is 0. The van der Waals surface area contributed by atoms with Crippen molar-refractivity contribution in [1.29, 1.82) is 0 Å². The Labute approximate surface area is 240 Å². The maximum atomic E-state index is 12.3. The van der Waals surface area contributed by atoms with Crippen LogP contribution in [0.15, 0.2) is 11.6 Å². The van der Waals surface area contributed by atoms with E-state index >= 15 is 0 Å². The second-order valence-corrected chi connectivity index (χ2v) is 15.5. The van der Waals surface area contributed by atoms with E-state index in [2.05, 4.69) is 24.8 Å². The van der Waals surface area contributed by atoms with Gasteiger partial charge < -0.3 is 18.9 Å². The summed E-state index contributed by atoms with van der Waals surface area (Å²) in [4.78, 5) is 15.1. The van der Waals surface area contributed by atoms with Crippen LogP contribution in [0, 0.1) is 45.8 Å². The zero-order chi connectivity index (χ0) is 27.3. The minimum Gasteiger partial charge on any atom is -0.382 e. The zero-order valence-electron chi connectivity index (χ0n) is 25.1. The highest BCUT2D eigenvalue weighted by Gasteiger charge is 2.91. The third kappa shape index (κ3) is 3.43. The summed E-state index contributed by atoms with van der Waals surface area (Å²) in [5.41, 5.74) is 2.92. The van der Waals surface area contributed by atoms with Crippen LogP contribution < -0.4 is 0 Å². The van der Waals surface area contributed by atoms with Crippen LogP contribution in [0.25, 0.3) is 0 Å². The smallest absolute Gasteiger partial charge is 0.155 e.